The molecule has 3 heterocycles. The second-order valence-electron chi connectivity index (χ2n) is 11.9. The van der Waals surface area contributed by atoms with Crippen LogP contribution in [-0.2, 0) is 22.2 Å². The fourth-order valence-corrected chi connectivity index (χ4v) is 5.86. The molecule has 2 N–H and O–H groups in total. The van der Waals surface area contributed by atoms with Gasteiger partial charge in [0.15, 0.2) is 0 Å². The third-order valence-corrected chi connectivity index (χ3v) is 8.77. The van der Waals surface area contributed by atoms with E-state index in [2.05, 4.69) is 51.8 Å². The standard InChI is InChI=1S/C31H36BN5O3/c1-19-18-22-20(27(33)38)13-11-17-25(22)37(19)29-34-24-15-9-7-12-21(24)28(35-29)36(6)26-16-10-8-14-23(26)32-39-30(2,3)31(4,5)40-32/h8,10-11,13-14,16-18H,7,9,12,15H2,1-6H3,(H2,33,38). The number of hydrogen-bond acceptors (Lipinski definition) is 6. The lowest BCUT2D eigenvalue weighted by molar-refractivity contribution is 0.00578. The molecule has 2 aromatic carbocycles. The summed E-state index contributed by atoms with van der Waals surface area (Å²) in [6.07, 6.45) is 4.01. The van der Waals surface area contributed by atoms with Crippen LogP contribution >= 0.6 is 0 Å². The average Bonchev–Trinajstić information content (AvgIpc) is 3.37. The van der Waals surface area contributed by atoms with Crippen molar-refractivity contribution in [3.8, 4) is 5.95 Å². The monoisotopic (exact) mass is 537 g/mol. The van der Waals surface area contributed by atoms with Crippen molar-refractivity contribution >= 4 is 40.9 Å². The van der Waals surface area contributed by atoms with Gasteiger partial charge in [-0.1, -0.05) is 24.3 Å². The van der Waals surface area contributed by atoms with Gasteiger partial charge in [0, 0.05) is 40.4 Å². The number of nitrogens with zero attached hydrogens (tertiary/aromatic N) is 4. The molecule has 0 bridgehead atoms. The van der Waals surface area contributed by atoms with Gasteiger partial charge in [-0.05, 0) is 84.6 Å². The highest BCUT2D eigenvalue weighted by atomic mass is 16.7. The number of rotatable bonds is 5. The molecular weight excluding hydrogens is 501 g/mol. The lowest BCUT2D eigenvalue weighted by atomic mass is 9.77. The van der Waals surface area contributed by atoms with Crippen LogP contribution in [0.15, 0.2) is 48.5 Å². The Labute approximate surface area is 235 Å². The van der Waals surface area contributed by atoms with Crippen molar-refractivity contribution in [3.63, 3.8) is 0 Å². The molecule has 8 nitrogen and oxygen atoms in total. The number of nitrogens with two attached hydrogens (primary N) is 1. The van der Waals surface area contributed by atoms with E-state index in [-0.39, 0.29) is 0 Å². The lowest BCUT2D eigenvalue weighted by Crippen LogP contribution is -2.41. The Morgan fingerprint density at radius 1 is 1.00 bits per heavy atom. The molecule has 0 saturated carbocycles. The van der Waals surface area contributed by atoms with Crippen molar-refractivity contribution in [1.82, 2.24) is 14.5 Å². The number of primary amides is 1. The van der Waals surface area contributed by atoms with Crippen LogP contribution in [0.25, 0.3) is 16.9 Å². The van der Waals surface area contributed by atoms with Crippen molar-refractivity contribution < 1.29 is 14.1 Å². The molecule has 4 aromatic rings. The van der Waals surface area contributed by atoms with Crippen LogP contribution in [0, 0.1) is 6.92 Å². The maximum Gasteiger partial charge on any atom is 0.496 e. The summed E-state index contributed by atoms with van der Waals surface area (Å²) in [5, 5.41) is 0.801. The Morgan fingerprint density at radius 3 is 2.42 bits per heavy atom. The van der Waals surface area contributed by atoms with Crippen LogP contribution in [0.5, 0.6) is 0 Å². The molecule has 2 aromatic heterocycles. The number of anilines is 2. The first kappa shape index (κ1) is 26.5. The molecule has 206 valence electrons. The average molecular weight is 537 g/mol. The zero-order valence-electron chi connectivity index (χ0n) is 24.1. The van der Waals surface area contributed by atoms with E-state index in [4.69, 9.17) is 25.0 Å². The van der Waals surface area contributed by atoms with Crippen LogP contribution in [0.1, 0.15) is 67.8 Å². The summed E-state index contributed by atoms with van der Waals surface area (Å²) < 4.78 is 14.9. The van der Waals surface area contributed by atoms with Gasteiger partial charge in [0.1, 0.15) is 5.82 Å². The minimum Gasteiger partial charge on any atom is -0.399 e. The first-order chi connectivity index (χ1) is 19.0. The first-order valence-electron chi connectivity index (χ1n) is 14.0. The molecule has 1 amide bonds. The quantitative estimate of drug-likeness (QED) is 0.369. The van der Waals surface area contributed by atoms with Gasteiger partial charge in [-0.3, -0.25) is 9.36 Å². The Morgan fingerprint density at radius 2 is 1.70 bits per heavy atom. The van der Waals surface area contributed by atoms with Gasteiger partial charge in [0.05, 0.1) is 22.4 Å². The Bertz CT molecular complexity index is 1630. The third kappa shape index (κ3) is 4.19. The van der Waals surface area contributed by atoms with E-state index in [1.165, 1.54) is 5.56 Å². The number of para-hydroxylation sites is 1. The molecule has 0 atom stereocenters. The van der Waals surface area contributed by atoms with E-state index in [0.717, 1.165) is 64.9 Å². The summed E-state index contributed by atoms with van der Waals surface area (Å²) >= 11 is 0. The van der Waals surface area contributed by atoms with E-state index in [0.29, 0.717) is 11.5 Å². The summed E-state index contributed by atoms with van der Waals surface area (Å²) in [4.78, 5) is 24.6. The van der Waals surface area contributed by atoms with E-state index < -0.39 is 24.2 Å². The van der Waals surface area contributed by atoms with Gasteiger partial charge in [-0.15, -0.1) is 0 Å². The fourth-order valence-electron chi connectivity index (χ4n) is 5.86. The minimum atomic E-state index is -0.497. The predicted octanol–water partition coefficient (Wildman–Crippen LogP) is 4.77. The lowest BCUT2D eigenvalue weighted by Gasteiger charge is -2.32. The van der Waals surface area contributed by atoms with E-state index in [1.807, 2.05) is 41.8 Å². The number of aryl methyl sites for hydroxylation is 2. The first-order valence-corrected chi connectivity index (χ1v) is 14.0. The normalized spacial score (nSPS) is 17.7. The molecule has 1 aliphatic heterocycles. The molecule has 1 saturated heterocycles. The molecular formula is C31H36BN5O3. The summed E-state index contributed by atoms with van der Waals surface area (Å²) in [7, 11) is 1.56. The maximum absolute atomic E-state index is 12.1. The van der Waals surface area contributed by atoms with Crippen LogP contribution < -0.4 is 16.1 Å². The predicted molar refractivity (Wildman–Crippen MR) is 159 cm³/mol. The van der Waals surface area contributed by atoms with Gasteiger partial charge in [0.25, 0.3) is 0 Å². The number of carbonyl (C=O) groups excluding carboxylic acids is 1. The highest BCUT2D eigenvalue weighted by Crippen LogP contribution is 2.38. The van der Waals surface area contributed by atoms with Crippen LogP contribution in [0.2, 0.25) is 0 Å². The number of hydrogen-bond donors (Lipinski definition) is 1. The van der Waals surface area contributed by atoms with Crippen molar-refractivity contribution in [2.24, 2.45) is 5.73 Å². The van der Waals surface area contributed by atoms with Gasteiger partial charge in [-0.2, -0.15) is 4.98 Å². The Kier molecular flexibility index (Phi) is 6.27. The molecule has 0 unspecified atom stereocenters. The number of carbonyl (C=O) groups is 1. The van der Waals surface area contributed by atoms with Crippen molar-refractivity contribution in [2.75, 3.05) is 11.9 Å². The van der Waals surface area contributed by atoms with Crippen LogP contribution in [0.3, 0.4) is 0 Å². The second kappa shape index (κ2) is 9.46. The topological polar surface area (TPSA) is 95.5 Å². The molecule has 0 radical (unpaired) electrons. The molecule has 0 spiro atoms. The van der Waals surface area contributed by atoms with E-state index >= 15 is 0 Å². The fraction of sp³-hybridized carbons (Fsp3) is 0.387. The van der Waals surface area contributed by atoms with Gasteiger partial charge in [-0.25, -0.2) is 4.98 Å². The molecule has 1 aliphatic carbocycles. The number of amides is 1. The van der Waals surface area contributed by atoms with Gasteiger partial charge >= 0.3 is 7.12 Å². The smallest absolute Gasteiger partial charge is 0.399 e. The van der Waals surface area contributed by atoms with E-state index in [1.54, 1.807) is 6.07 Å². The van der Waals surface area contributed by atoms with Crippen molar-refractivity contribution in [2.45, 2.75) is 71.5 Å². The number of benzene rings is 2. The maximum atomic E-state index is 12.1. The van der Waals surface area contributed by atoms with Crippen LogP contribution in [0.4, 0.5) is 11.5 Å². The third-order valence-electron chi connectivity index (χ3n) is 8.77. The van der Waals surface area contributed by atoms with Crippen molar-refractivity contribution in [1.29, 1.82) is 0 Å². The molecule has 6 rings (SSSR count). The highest BCUT2D eigenvalue weighted by Gasteiger charge is 2.52. The zero-order chi connectivity index (χ0) is 28.4. The highest BCUT2D eigenvalue weighted by molar-refractivity contribution is 6.64. The largest absolute Gasteiger partial charge is 0.496 e. The molecule has 1 fully saturated rings. The SMILES string of the molecule is Cc1cc2c(C(N)=O)cccc2n1-c1nc2c(c(N(C)c3ccccc3B3OC(C)(C)C(C)(C)O3)n1)CCCC2. The summed E-state index contributed by atoms with van der Waals surface area (Å²) in [6, 6.07) is 15.8. The van der Waals surface area contributed by atoms with E-state index in [9.17, 15) is 4.79 Å². The van der Waals surface area contributed by atoms with Crippen LogP contribution in [-0.4, -0.2) is 45.8 Å². The van der Waals surface area contributed by atoms with Gasteiger partial charge in [0.2, 0.25) is 11.9 Å². The number of fused-ring (bicyclic) bond motifs is 2. The van der Waals surface area contributed by atoms with Gasteiger partial charge < -0.3 is 19.9 Å². The summed E-state index contributed by atoms with van der Waals surface area (Å²) in [5.74, 6) is 1.01. The molecule has 9 heteroatoms. The zero-order valence-corrected chi connectivity index (χ0v) is 24.1. The summed E-state index contributed by atoms with van der Waals surface area (Å²) in [5.41, 5.74) is 11.3. The van der Waals surface area contributed by atoms with Crippen molar-refractivity contribution in [3.05, 3.63) is 71.0 Å². The summed E-state index contributed by atoms with van der Waals surface area (Å²) in [6.45, 7) is 10.3. The number of aromatic nitrogens is 3. The Balaban J connectivity index is 1.50. The molecule has 2 aliphatic rings. The Hall–Kier alpha value is -3.69. The second-order valence-corrected chi connectivity index (χ2v) is 11.9. The molecule has 40 heavy (non-hydrogen) atoms. The minimum absolute atomic E-state index is 0.443.